The van der Waals surface area contributed by atoms with Crippen LogP contribution in [0.5, 0.6) is 23.0 Å². The second kappa shape index (κ2) is 50.0. The van der Waals surface area contributed by atoms with Crippen molar-refractivity contribution in [3.63, 3.8) is 0 Å². The van der Waals surface area contributed by atoms with Crippen molar-refractivity contribution in [2.45, 2.75) is 153 Å². The van der Waals surface area contributed by atoms with Gasteiger partial charge in [-0.3, -0.25) is 19.2 Å². The second-order valence-electron chi connectivity index (χ2n) is 26.0. The summed E-state index contributed by atoms with van der Waals surface area (Å²) < 4.78 is 22.0. The lowest BCUT2D eigenvalue weighted by atomic mass is 10.1. The Labute approximate surface area is 613 Å². The van der Waals surface area contributed by atoms with Gasteiger partial charge >= 0.3 is 0 Å². The van der Waals surface area contributed by atoms with E-state index in [0.29, 0.717) is 103 Å². The Morgan fingerprint density at radius 3 is 0.596 bits per heavy atom. The number of benzene rings is 8. The zero-order chi connectivity index (χ0) is 75.1. The molecule has 0 radical (unpaired) electrons. The Bertz CT molecular complexity index is 3100. The molecule has 0 saturated heterocycles. The molecule has 0 bridgehead atoms. The molecule has 2 unspecified atom stereocenters. The van der Waals surface area contributed by atoms with E-state index in [0.717, 1.165) is 44.5 Å². The number of rotatable bonds is 40. The number of hydrogen-bond acceptors (Lipinski definition) is 16. The number of aromatic hydroxyl groups is 4. The van der Waals surface area contributed by atoms with E-state index < -0.39 is 24.4 Å². The molecule has 0 aliphatic heterocycles. The Balaban J connectivity index is 0.000000249. The van der Waals surface area contributed by atoms with Crippen molar-refractivity contribution in [2.75, 3.05) is 52.9 Å². The van der Waals surface area contributed by atoms with E-state index in [-0.39, 0.29) is 97.2 Å². The number of nitrogens with one attached hydrogen (secondary N) is 4. The average Bonchev–Trinajstić information content (AvgIpc) is 0.922. The number of aryl methyl sites for hydroxylation is 4. The third kappa shape index (κ3) is 40.4. The van der Waals surface area contributed by atoms with Gasteiger partial charge < -0.3 is 81.1 Å². The molecule has 0 fully saturated rings. The van der Waals surface area contributed by atoms with Crippen molar-refractivity contribution in [3.8, 4) is 23.0 Å². The number of hydrogen-bond donors (Lipinski definition) is 12. The van der Waals surface area contributed by atoms with Crippen LogP contribution in [0.15, 0.2) is 218 Å². The lowest BCUT2D eigenvalue weighted by molar-refractivity contribution is -0.123. The Morgan fingerprint density at radius 2 is 0.433 bits per heavy atom. The smallest absolute Gasteiger partial charge is 0.220 e. The van der Waals surface area contributed by atoms with Crippen LogP contribution in [0.3, 0.4) is 0 Å². The van der Waals surface area contributed by atoms with Crippen molar-refractivity contribution >= 4 is 23.6 Å². The molecule has 12 N–H and O–H groups in total. The summed E-state index contributed by atoms with van der Waals surface area (Å²) in [4.78, 5) is 49.2. The fourth-order valence-corrected chi connectivity index (χ4v) is 10.6. The normalized spacial score (nSPS) is 13.2. The van der Waals surface area contributed by atoms with E-state index in [1.54, 1.807) is 76.2 Å². The summed E-state index contributed by atoms with van der Waals surface area (Å²) in [6, 6.07) is 66.4. The summed E-state index contributed by atoms with van der Waals surface area (Å²) in [5.41, 5.74) is 8.50. The molecule has 0 spiro atoms. The van der Waals surface area contributed by atoms with Gasteiger partial charge in [0.1, 0.15) is 23.0 Å². The molecule has 8 aromatic rings. The van der Waals surface area contributed by atoms with Gasteiger partial charge in [-0.1, -0.05) is 170 Å². The number of phenols is 4. The first-order chi connectivity index (χ1) is 50.1. The van der Waals surface area contributed by atoms with E-state index in [1.165, 1.54) is 0 Å². The van der Waals surface area contributed by atoms with Crippen LogP contribution in [0.25, 0.3) is 0 Å². The van der Waals surface area contributed by atoms with Crippen LogP contribution in [0.4, 0.5) is 0 Å². The second-order valence-corrected chi connectivity index (χ2v) is 26.0. The zero-order valence-electron chi connectivity index (χ0n) is 60.4. The van der Waals surface area contributed by atoms with Crippen molar-refractivity contribution in [1.29, 1.82) is 0 Å². The van der Waals surface area contributed by atoms with Crippen molar-refractivity contribution in [1.82, 2.24) is 21.3 Å². The van der Waals surface area contributed by atoms with Crippen LogP contribution in [-0.4, -0.2) is 166 Å². The molecule has 560 valence electrons. The maximum absolute atomic E-state index is 12.3. The minimum absolute atomic E-state index is 0.0294. The number of aliphatic hydroxyl groups is 4. The minimum Gasteiger partial charge on any atom is -0.508 e. The van der Waals surface area contributed by atoms with Crippen LogP contribution in [0.1, 0.15) is 97.9 Å². The fourth-order valence-electron chi connectivity index (χ4n) is 10.6. The molecular weight excluding hydrogens is 1320 g/mol. The van der Waals surface area contributed by atoms with Crippen LogP contribution in [-0.2, 0) is 89.5 Å². The van der Waals surface area contributed by atoms with Crippen molar-refractivity contribution in [3.05, 3.63) is 263 Å². The third-order valence-corrected chi connectivity index (χ3v) is 15.8. The van der Waals surface area contributed by atoms with Crippen LogP contribution in [0.2, 0.25) is 0 Å². The standard InChI is InChI=1S/4C21H27NO4/c4*1-16(23)14-26-15-19(13-18-7-10-20(24)11-8-18)22-21(25)12-9-17-5-3-2-4-6-17/h4*2-8,10-11,16,19,23-24H,9,12-15H2,1H3,(H,22,25)/t2*16?,19-;2*16-,19-/m1010/s1. The molecule has 0 aliphatic rings. The number of aliphatic hydroxyl groups excluding tert-OH is 4. The van der Waals surface area contributed by atoms with Gasteiger partial charge in [0.15, 0.2) is 0 Å². The lowest BCUT2D eigenvalue weighted by Crippen LogP contribution is -2.40. The molecular formula is C84H108N4O16. The number of amides is 4. The van der Waals surface area contributed by atoms with Crippen LogP contribution < -0.4 is 21.3 Å². The molecule has 104 heavy (non-hydrogen) atoms. The summed E-state index contributed by atoms with van der Waals surface area (Å²) in [5.74, 6) is 0.725. The molecule has 0 saturated carbocycles. The van der Waals surface area contributed by atoms with Crippen molar-refractivity contribution < 1.29 is 79.0 Å². The van der Waals surface area contributed by atoms with Gasteiger partial charge in [0.25, 0.3) is 0 Å². The monoisotopic (exact) mass is 1430 g/mol. The molecule has 0 heterocycles. The first-order valence-corrected chi connectivity index (χ1v) is 35.6. The molecule has 0 aromatic heterocycles. The van der Waals surface area contributed by atoms with Crippen LogP contribution >= 0.6 is 0 Å². The number of carbonyl (C=O) groups excluding carboxylic acids is 4. The highest BCUT2D eigenvalue weighted by Gasteiger charge is 2.19. The highest BCUT2D eigenvalue weighted by Crippen LogP contribution is 2.17. The predicted octanol–water partition coefficient (Wildman–Crippen LogP) is 9.80. The molecule has 8 aromatic carbocycles. The van der Waals surface area contributed by atoms with Crippen molar-refractivity contribution in [2.24, 2.45) is 0 Å². The maximum atomic E-state index is 12.3. The van der Waals surface area contributed by atoms with E-state index in [9.17, 15) is 60.0 Å². The molecule has 20 nitrogen and oxygen atoms in total. The Morgan fingerprint density at radius 1 is 0.260 bits per heavy atom. The molecule has 4 amide bonds. The molecule has 8 rings (SSSR count). The zero-order valence-corrected chi connectivity index (χ0v) is 60.4. The van der Waals surface area contributed by atoms with E-state index in [4.69, 9.17) is 18.9 Å². The predicted molar refractivity (Wildman–Crippen MR) is 404 cm³/mol. The first kappa shape index (κ1) is 85.2. The summed E-state index contributed by atoms with van der Waals surface area (Å²) in [6.07, 6.45) is 4.59. The topological polar surface area (TPSA) is 315 Å². The third-order valence-electron chi connectivity index (χ3n) is 15.8. The van der Waals surface area contributed by atoms with Gasteiger partial charge in [-0.05, 0) is 172 Å². The van der Waals surface area contributed by atoms with Gasteiger partial charge in [0.05, 0.1) is 101 Å². The fraction of sp³-hybridized carbons (Fsp3) is 0.381. The first-order valence-electron chi connectivity index (χ1n) is 35.6. The van der Waals surface area contributed by atoms with Gasteiger partial charge in [-0.2, -0.15) is 0 Å². The highest BCUT2D eigenvalue weighted by molar-refractivity contribution is 5.78. The largest absolute Gasteiger partial charge is 0.508 e. The summed E-state index contributed by atoms with van der Waals surface area (Å²) in [7, 11) is 0. The number of phenolic OH excluding ortho intramolecular Hbond substituents is 4. The quantitative estimate of drug-likeness (QED) is 0.0170. The average molecular weight is 1430 g/mol. The molecule has 20 heteroatoms. The molecule has 8 atom stereocenters. The Hall–Kier alpha value is -9.48. The SMILES string of the molecule is CC(O)COC[C@@H](Cc1ccc(O)cc1)NC(=O)CCc1ccccc1.CC(O)COC[C@H](Cc1ccc(O)cc1)NC(=O)CCc1ccccc1.C[C@@H](O)COC[C@@H](Cc1ccc(O)cc1)NC(=O)CCc1ccccc1.C[C@H](O)COC[C@H](Cc1ccc(O)cc1)NC(=O)CCc1ccccc1. The summed E-state index contributed by atoms with van der Waals surface area (Å²) in [5, 5.41) is 87.0. The number of carbonyl (C=O) groups is 4. The highest BCUT2D eigenvalue weighted by atomic mass is 16.5. The maximum Gasteiger partial charge on any atom is 0.220 e. The minimum atomic E-state index is -0.543. The molecule has 0 aliphatic carbocycles. The van der Waals surface area contributed by atoms with Gasteiger partial charge in [0, 0.05) is 25.7 Å². The summed E-state index contributed by atoms with van der Waals surface area (Å²) in [6.45, 7) is 8.84. The van der Waals surface area contributed by atoms with E-state index in [1.807, 2.05) is 170 Å². The Kier molecular flexibility index (Phi) is 41.0. The van der Waals surface area contributed by atoms with Gasteiger partial charge in [-0.25, -0.2) is 0 Å². The van der Waals surface area contributed by atoms with E-state index >= 15 is 0 Å². The van der Waals surface area contributed by atoms with Gasteiger partial charge in [-0.15, -0.1) is 0 Å². The van der Waals surface area contributed by atoms with Gasteiger partial charge in [0.2, 0.25) is 23.6 Å². The van der Waals surface area contributed by atoms with Crippen LogP contribution in [0, 0.1) is 0 Å². The summed E-state index contributed by atoms with van der Waals surface area (Å²) >= 11 is 0. The lowest BCUT2D eigenvalue weighted by Gasteiger charge is -2.20. The number of ether oxygens (including phenoxy) is 4. The van der Waals surface area contributed by atoms with E-state index in [2.05, 4.69) is 21.3 Å².